The monoisotopic (exact) mass is 408 g/mol. The number of carbonyl (C=O) groups is 1. The van der Waals surface area contributed by atoms with Gasteiger partial charge in [0.2, 0.25) is 0 Å². The molecular weight excluding hydrogens is 388 g/mol. The zero-order valence-electron chi connectivity index (χ0n) is 16.3. The van der Waals surface area contributed by atoms with Crippen LogP contribution in [0.1, 0.15) is 33.1 Å². The first-order valence-electron chi connectivity index (χ1n) is 9.34. The SMILES string of the molecule is COc1cc2c(cc1OC)C(c1ccccc1)N(C(=O)c1ccc(Cl)nc1)CC2. The standard InChI is InChI=1S/C23H21ClN2O3/c1-28-19-12-16-10-11-26(23(27)17-8-9-21(24)25-14-17)22(15-6-4-3-5-7-15)18(16)13-20(19)29-2/h3-9,12-14,22H,10-11H2,1-2H3. The van der Waals surface area contributed by atoms with E-state index in [-0.39, 0.29) is 11.9 Å². The van der Waals surface area contributed by atoms with E-state index in [0.29, 0.717) is 28.8 Å². The Hall–Kier alpha value is -3.05. The number of hydrogen-bond donors (Lipinski definition) is 0. The number of carbonyl (C=O) groups excluding carboxylic acids is 1. The highest BCUT2D eigenvalue weighted by Gasteiger charge is 2.33. The van der Waals surface area contributed by atoms with Crippen molar-refractivity contribution < 1.29 is 14.3 Å². The Morgan fingerprint density at radius 3 is 2.45 bits per heavy atom. The summed E-state index contributed by atoms with van der Waals surface area (Å²) < 4.78 is 11.0. The van der Waals surface area contributed by atoms with Crippen LogP contribution in [0, 0.1) is 0 Å². The quantitative estimate of drug-likeness (QED) is 0.595. The second-order valence-electron chi connectivity index (χ2n) is 6.84. The molecule has 0 spiro atoms. The Labute approximate surface area is 174 Å². The molecule has 1 atom stereocenters. The van der Waals surface area contributed by atoms with Crippen LogP contribution in [0.15, 0.2) is 60.8 Å². The van der Waals surface area contributed by atoms with Crippen molar-refractivity contribution in [1.29, 1.82) is 0 Å². The van der Waals surface area contributed by atoms with Gasteiger partial charge in [0.25, 0.3) is 5.91 Å². The van der Waals surface area contributed by atoms with Crippen LogP contribution in [0.4, 0.5) is 0 Å². The van der Waals surface area contributed by atoms with Crippen LogP contribution in [-0.2, 0) is 6.42 Å². The number of halogens is 1. The Balaban J connectivity index is 1.83. The molecule has 3 aromatic rings. The van der Waals surface area contributed by atoms with Gasteiger partial charge in [0, 0.05) is 12.7 Å². The van der Waals surface area contributed by atoms with Gasteiger partial charge in [-0.25, -0.2) is 4.98 Å². The maximum atomic E-state index is 13.4. The smallest absolute Gasteiger partial charge is 0.256 e. The molecule has 1 aliphatic heterocycles. The molecule has 0 bridgehead atoms. The van der Waals surface area contributed by atoms with E-state index < -0.39 is 0 Å². The molecule has 148 valence electrons. The van der Waals surface area contributed by atoms with Gasteiger partial charge >= 0.3 is 0 Å². The maximum Gasteiger partial charge on any atom is 0.256 e. The fourth-order valence-electron chi connectivity index (χ4n) is 3.83. The first-order valence-corrected chi connectivity index (χ1v) is 9.72. The van der Waals surface area contributed by atoms with Crippen molar-refractivity contribution in [3.63, 3.8) is 0 Å². The minimum atomic E-state index is -0.233. The van der Waals surface area contributed by atoms with Crippen LogP contribution in [0.3, 0.4) is 0 Å². The molecule has 6 heteroatoms. The van der Waals surface area contributed by atoms with Crippen LogP contribution in [-0.4, -0.2) is 36.6 Å². The minimum absolute atomic E-state index is 0.0801. The molecule has 1 amide bonds. The highest BCUT2D eigenvalue weighted by atomic mass is 35.5. The van der Waals surface area contributed by atoms with E-state index in [4.69, 9.17) is 21.1 Å². The Morgan fingerprint density at radius 2 is 1.79 bits per heavy atom. The van der Waals surface area contributed by atoms with Gasteiger partial charge in [0.15, 0.2) is 11.5 Å². The number of benzene rings is 2. The van der Waals surface area contributed by atoms with Crippen LogP contribution < -0.4 is 9.47 Å². The van der Waals surface area contributed by atoms with E-state index >= 15 is 0 Å². The fourth-order valence-corrected chi connectivity index (χ4v) is 3.94. The molecule has 4 rings (SSSR count). The Morgan fingerprint density at radius 1 is 1.07 bits per heavy atom. The minimum Gasteiger partial charge on any atom is -0.493 e. The molecule has 0 aliphatic carbocycles. The normalized spacial score (nSPS) is 15.6. The van der Waals surface area contributed by atoms with Gasteiger partial charge < -0.3 is 14.4 Å². The van der Waals surface area contributed by atoms with E-state index in [0.717, 1.165) is 23.1 Å². The molecule has 2 heterocycles. The lowest BCUT2D eigenvalue weighted by Gasteiger charge is -2.38. The molecule has 29 heavy (non-hydrogen) atoms. The molecule has 2 aromatic carbocycles. The molecule has 0 N–H and O–H groups in total. The summed E-state index contributed by atoms with van der Waals surface area (Å²) in [5, 5.41) is 0.363. The summed E-state index contributed by atoms with van der Waals surface area (Å²) in [6.45, 7) is 0.587. The van der Waals surface area contributed by atoms with Gasteiger partial charge in [-0.05, 0) is 47.4 Å². The number of pyridine rings is 1. The van der Waals surface area contributed by atoms with Gasteiger partial charge in [0.1, 0.15) is 5.15 Å². The van der Waals surface area contributed by atoms with Crippen molar-refractivity contribution in [3.05, 3.63) is 88.2 Å². The average Bonchev–Trinajstić information content (AvgIpc) is 2.77. The number of fused-ring (bicyclic) bond motifs is 1. The van der Waals surface area contributed by atoms with Crippen LogP contribution in [0.5, 0.6) is 11.5 Å². The first kappa shape index (κ1) is 19.3. The zero-order valence-corrected chi connectivity index (χ0v) is 17.0. The number of ether oxygens (including phenoxy) is 2. The second-order valence-corrected chi connectivity index (χ2v) is 7.22. The molecule has 1 aromatic heterocycles. The lowest BCUT2D eigenvalue weighted by atomic mass is 9.87. The predicted molar refractivity (Wildman–Crippen MR) is 112 cm³/mol. The molecule has 0 radical (unpaired) electrons. The third-order valence-corrected chi connectivity index (χ3v) is 5.45. The van der Waals surface area contributed by atoms with Crippen molar-refractivity contribution in [2.45, 2.75) is 12.5 Å². The third-order valence-electron chi connectivity index (χ3n) is 5.22. The summed E-state index contributed by atoms with van der Waals surface area (Å²) in [4.78, 5) is 19.3. The number of rotatable bonds is 4. The molecule has 0 saturated heterocycles. The largest absolute Gasteiger partial charge is 0.493 e. The van der Waals surface area contributed by atoms with Crippen molar-refractivity contribution in [1.82, 2.24) is 9.88 Å². The van der Waals surface area contributed by atoms with Crippen LogP contribution in [0.2, 0.25) is 5.15 Å². The fraction of sp³-hybridized carbons (Fsp3) is 0.217. The van der Waals surface area contributed by atoms with E-state index in [2.05, 4.69) is 4.98 Å². The summed E-state index contributed by atoms with van der Waals surface area (Å²) >= 11 is 5.89. The van der Waals surface area contributed by atoms with Gasteiger partial charge in [-0.15, -0.1) is 0 Å². The highest BCUT2D eigenvalue weighted by molar-refractivity contribution is 6.29. The second kappa shape index (κ2) is 8.13. The number of hydrogen-bond acceptors (Lipinski definition) is 4. The van der Waals surface area contributed by atoms with E-state index in [1.807, 2.05) is 47.4 Å². The summed E-state index contributed by atoms with van der Waals surface area (Å²) in [5.74, 6) is 1.26. The average molecular weight is 409 g/mol. The maximum absolute atomic E-state index is 13.4. The number of amides is 1. The van der Waals surface area contributed by atoms with Gasteiger partial charge in [-0.1, -0.05) is 41.9 Å². The molecule has 1 unspecified atom stereocenters. The van der Waals surface area contributed by atoms with Crippen molar-refractivity contribution in [2.75, 3.05) is 20.8 Å². The summed E-state index contributed by atoms with van der Waals surface area (Å²) in [6, 6.07) is 17.1. The van der Waals surface area contributed by atoms with E-state index in [1.165, 1.54) is 6.20 Å². The lowest BCUT2D eigenvalue weighted by Crippen LogP contribution is -2.40. The number of aromatic nitrogens is 1. The summed E-state index contributed by atoms with van der Waals surface area (Å²) in [7, 11) is 3.25. The first-order chi connectivity index (χ1) is 14.1. The Kier molecular flexibility index (Phi) is 5.41. The molecule has 0 saturated carbocycles. The predicted octanol–water partition coefficient (Wildman–Crippen LogP) is 4.54. The molecular formula is C23H21ClN2O3. The molecule has 5 nitrogen and oxygen atoms in total. The third kappa shape index (κ3) is 3.66. The van der Waals surface area contributed by atoms with Crippen LogP contribution in [0.25, 0.3) is 0 Å². The van der Waals surface area contributed by atoms with E-state index in [1.54, 1.807) is 26.4 Å². The number of methoxy groups -OCH3 is 2. The van der Waals surface area contributed by atoms with Gasteiger partial charge in [0.05, 0.1) is 25.8 Å². The lowest BCUT2D eigenvalue weighted by molar-refractivity contribution is 0.0693. The summed E-state index contributed by atoms with van der Waals surface area (Å²) in [5.41, 5.74) is 3.74. The van der Waals surface area contributed by atoms with Crippen LogP contribution >= 0.6 is 11.6 Å². The van der Waals surface area contributed by atoms with Crippen molar-refractivity contribution in [3.8, 4) is 11.5 Å². The van der Waals surface area contributed by atoms with Gasteiger partial charge in [-0.2, -0.15) is 0 Å². The molecule has 1 aliphatic rings. The summed E-state index contributed by atoms with van der Waals surface area (Å²) in [6.07, 6.45) is 2.25. The van der Waals surface area contributed by atoms with Crippen molar-refractivity contribution in [2.24, 2.45) is 0 Å². The van der Waals surface area contributed by atoms with Crippen molar-refractivity contribution >= 4 is 17.5 Å². The highest BCUT2D eigenvalue weighted by Crippen LogP contribution is 2.41. The Bertz CT molecular complexity index is 1020. The van der Waals surface area contributed by atoms with E-state index in [9.17, 15) is 4.79 Å². The van der Waals surface area contributed by atoms with Gasteiger partial charge in [-0.3, -0.25) is 4.79 Å². The molecule has 0 fully saturated rings. The number of nitrogens with zero attached hydrogens (tertiary/aromatic N) is 2. The topological polar surface area (TPSA) is 51.7 Å². The zero-order chi connectivity index (χ0) is 20.4.